The Morgan fingerprint density at radius 1 is 1.18 bits per heavy atom. The summed E-state index contributed by atoms with van der Waals surface area (Å²) >= 11 is 0. The minimum atomic E-state index is -3.07. The van der Waals surface area contributed by atoms with Crippen molar-refractivity contribution in [2.75, 3.05) is 7.11 Å². The van der Waals surface area contributed by atoms with Gasteiger partial charge in [0.05, 0.1) is 30.0 Å². The first-order chi connectivity index (χ1) is 16.5. The Hall–Kier alpha value is -3.75. The van der Waals surface area contributed by atoms with Gasteiger partial charge >= 0.3 is 6.61 Å². The van der Waals surface area contributed by atoms with Gasteiger partial charge in [-0.2, -0.15) is 13.9 Å². The number of benzene rings is 2. The molecule has 5 rings (SSSR count). The van der Waals surface area contributed by atoms with Gasteiger partial charge in [0.25, 0.3) is 0 Å². The first-order valence-corrected chi connectivity index (χ1v) is 11.2. The van der Waals surface area contributed by atoms with E-state index in [2.05, 4.69) is 10.1 Å². The molecule has 1 aliphatic carbocycles. The fourth-order valence-electron chi connectivity index (χ4n) is 4.11. The van der Waals surface area contributed by atoms with Gasteiger partial charge in [-0.25, -0.2) is 4.98 Å². The van der Waals surface area contributed by atoms with Crippen molar-refractivity contribution in [2.24, 2.45) is 5.92 Å². The number of hydrogen-bond acceptors (Lipinski definition) is 5. The van der Waals surface area contributed by atoms with E-state index in [9.17, 15) is 13.6 Å². The average Bonchev–Trinajstić information content (AvgIpc) is 3.33. The number of ketones is 1. The molecule has 2 aromatic heterocycles. The van der Waals surface area contributed by atoms with Crippen molar-refractivity contribution >= 4 is 16.8 Å². The van der Waals surface area contributed by atoms with Crippen LogP contribution < -0.4 is 9.47 Å². The molecule has 0 unspecified atom stereocenters. The number of nitrogens with zero attached hydrogens (tertiary/aromatic N) is 4. The standard InChI is InChI=1S/C25H24F2N4O3/c1-3-30-13-17(12-29-30)16-6-7-20-19(9-16)28-14-31(20)18-10-22(33-2)24(21(32)8-15-4-5-15)23(11-18)34-25(26)27/h6-7,9-15,25H,3-5,8H2,1-2H3. The Morgan fingerprint density at radius 3 is 2.65 bits per heavy atom. The number of rotatable bonds is 9. The molecule has 9 heteroatoms. The number of hydrogen-bond donors (Lipinski definition) is 0. The summed E-state index contributed by atoms with van der Waals surface area (Å²) in [7, 11) is 1.41. The molecule has 1 saturated carbocycles. The first kappa shape index (κ1) is 22.1. The van der Waals surface area contributed by atoms with Crippen molar-refractivity contribution in [1.29, 1.82) is 0 Å². The van der Waals surface area contributed by atoms with Crippen molar-refractivity contribution in [2.45, 2.75) is 39.3 Å². The summed E-state index contributed by atoms with van der Waals surface area (Å²) in [5, 5.41) is 4.31. The molecule has 7 nitrogen and oxygen atoms in total. The van der Waals surface area contributed by atoms with Crippen LogP contribution in [0.3, 0.4) is 0 Å². The zero-order valence-electron chi connectivity index (χ0n) is 18.9. The van der Waals surface area contributed by atoms with Crippen molar-refractivity contribution in [1.82, 2.24) is 19.3 Å². The van der Waals surface area contributed by atoms with Crippen molar-refractivity contribution < 1.29 is 23.0 Å². The number of alkyl halides is 2. The average molecular weight is 466 g/mol. The van der Waals surface area contributed by atoms with Crippen molar-refractivity contribution in [3.05, 3.63) is 54.6 Å². The highest BCUT2D eigenvalue weighted by molar-refractivity contribution is 6.02. The molecule has 1 fully saturated rings. The van der Waals surface area contributed by atoms with Crippen LogP contribution in [0, 0.1) is 5.92 Å². The van der Waals surface area contributed by atoms with Gasteiger partial charge in [-0.3, -0.25) is 14.0 Å². The van der Waals surface area contributed by atoms with Gasteiger partial charge in [-0.1, -0.05) is 6.07 Å². The number of imidazole rings is 1. The summed E-state index contributed by atoms with van der Waals surface area (Å²) in [5.74, 6) is 0.0477. The third-order valence-electron chi connectivity index (χ3n) is 6.05. The quantitative estimate of drug-likeness (QED) is 0.305. The molecule has 0 atom stereocenters. The van der Waals surface area contributed by atoms with Gasteiger partial charge in [0.2, 0.25) is 0 Å². The van der Waals surface area contributed by atoms with Crippen LogP contribution >= 0.6 is 0 Å². The lowest BCUT2D eigenvalue weighted by atomic mass is 10.0. The Morgan fingerprint density at radius 2 is 1.97 bits per heavy atom. The molecule has 2 heterocycles. The Kier molecular flexibility index (Phi) is 5.77. The van der Waals surface area contributed by atoms with Crippen LogP contribution in [-0.4, -0.2) is 38.8 Å². The molecule has 0 spiro atoms. The van der Waals surface area contributed by atoms with E-state index in [1.54, 1.807) is 23.2 Å². The second-order valence-electron chi connectivity index (χ2n) is 8.37. The third kappa shape index (κ3) is 4.25. The molecular formula is C25H24F2N4O3. The summed E-state index contributed by atoms with van der Waals surface area (Å²) in [6.07, 6.45) is 7.61. The van der Waals surface area contributed by atoms with Crippen LogP contribution in [0.1, 0.15) is 36.5 Å². The Labute approximate surface area is 194 Å². The number of fused-ring (bicyclic) bond motifs is 1. The normalized spacial score (nSPS) is 13.6. The largest absolute Gasteiger partial charge is 0.496 e. The Bertz CT molecular complexity index is 1360. The molecule has 176 valence electrons. The summed E-state index contributed by atoms with van der Waals surface area (Å²) in [6, 6.07) is 8.91. The smallest absolute Gasteiger partial charge is 0.387 e. The van der Waals surface area contributed by atoms with Gasteiger partial charge in [-0.15, -0.1) is 0 Å². The van der Waals surface area contributed by atoms with Gasteiger partial charge in [0, 0.05) is 36.9 Å². The molecule has 4 aromatic rings. The van der Waals surface area contributed by atoms with Gasteiger partial charge < -0.3 is 9.47 Å². The van der Waals surface area contributed by atoms with Gasteiger partial charge in [0.1, 0.15) is 23.4 Å². The molecule has 0 saturated heterocycles. The summed E-state index contributed by atoms with van der Waals surface area (Å²) in [6.45, 7) is -0.272. The zero-order valence-corrected chi connectivity index (χ0v) is 18.9. The number of carbonyl (C=O) groups excluding carboxylic acids is 1. The topological polar surface area (TPSA) is 71.2 Å². The third-order valence-corrected chi connectivity index (χ3v) is 6.05. The van der Waals surface area contributed by atoms with Crippen LogP contribution in [0.2, 0.25) is 0 Å². The molecule has 0 aliphatic heterocycles. The van der Waals surface area contributed by atoms with Gasteiger partial charge in [0.15, 0.2) is 5.78 Å². The van der Waals surface area contributed by atoms with E-state index in [0.717, 1.165) is 41.5 Å². The van der Waals surface area contributed by atoms with E-state index in [-0.39, 0.29) is 22.8 Å². The summed E-state index contributed by atoms with van der Waals surface area (Å²) < 4.78 is 40.3. The van der Waals surface area contributed by atoms with E-state index < -0.39 is 6.61 Å². The number of aromatic nitrogens is 4. The Balaban J connectivity index is 1.56. The zero-order chi connectivity index (χ0) is 23.8. The predicted octanol–water partition coefficient (Wildman–Crippen LogP) is 5.50. The first-order valence-electron chi connectivity index (χ1n) is 11.2. The highest BCUT2D eigenvalue weighted by Gasteiger charge is 2.29. The number of halogens is 2. The SMILES string of the molecule is CCn1cc(-c2ccc3c(c2)ncn3-c2cc(OC)c(C(=O)CC3CC3)c(OC(F)F)c2)cn1. The van der Waals surface area contributed by atoms with E-state index in [4.69, 9.17) is 9.47 Å². The fourth-order valence-corrected chi connectivity index (χ4v) is 4.11. The van der Waals surface area contributed by atoms with Crippen LogP contribution in [0.15, 0.2) is 49.1 Å². The predicted molar refractivity (Wildman–Crippen MR) is 123 cm³/mol. The summed E-state index contributed by atoms with van der Waals surface area (Å²) in [5.41, 5.74) is 4.01. The molecule has 0 bridgehead atoms. The number of methoxy groups -OCH3 is 1. The number of carbonyl (C=O) groups is 1. The molecule has 0 radical (unpaired) electrons. The number of Topliss-reactive ketones (excluding diaryl/α,β-unsaturated/α-hetero) is 1. The van der Waals surface area contributed by atoms with Crippen LogP contribution in [0.4, 0.5) is 8.78 Å². The number of aryl methyl sites for hydroxylation is 1. The molecule has 0 N–H and O–H groups in total. The lowest BCUT2D eigenvalue weighted by Gasteiger charge is -2.16. The second kappa shape index (κ2) is 8.89. The highest BCUT2D eigenvalue weighted by atomic mass is 19.3. The molecular weight excluding hydrogens is 442 g/mol. The van der Waals surface area contributed by atoms with Crippen molar-refractivity contribution in [3.8, 4) is 28.3 Å². The van der Waals surface area contributed by atoms with Gasteiger partial charge in [-0.05, 0) is 43.4 Å². The van der Waals surface area contributed by atoms with Crippen LogP contribution in [0.25, 0.3) is 27.8 Å². The minimum Gasteiger partial charge on any atom is -0.496 e. The van der Waals surface area contributed by atoms with E-state index in [1.165, 1.54) is 13.2 Å². The molecule has 0 amide bonds. The molecule has 34 heavy (non-hydrogen) atoms. The molecule has 1 aliphatic rings. The maximum Gasteiger partial charge on any atom is 0.387 e. The maximum atomic E-state index is 13.2. The van der Waals surface area contributed by atoms with Crippen molar-refractivity contribution in [3.63, 3.8) is 0 Å². The maximum absolute atomic E-state index is 13.2. The lowest BCUT2D eigenvalue weighted by molar-refractivity contribution is -0.0502. The minimum absolute atomic E-state index is 0.0538. The van der Waals surface area contributed by atoms with E-state index >= 15 is 0 Å². The summed E-state index contributed by atoms with van der Waals surface area (Å²) in [4.78, 5) is 17.4. The highest BCUT2D eigenvalue weighted by Crippen LogP contribution is 2.39. The second-order valence-corrected chi connectivity index (χ2v) is 8.37. The van der Waals surface area contributed by atoms with E-state index in [0.29, 0.717) is 18.0 Å². The van der Waals surface area contributed by atoms with Crippen LogP contribution in [0.5, 0.6) is 11.5 Å². The van der Waals surface area contributed by atoms with Crippen LogP contribution in [-0.2, 0) is 6.54 Å². The van der Waals surface area contributed by atoms with E-state index in [1.807, 2.05) is 36.0 Å². The monoisotopic (exact) mass is 466 g/mol. The number of ether oxygens (including phenoxy) is 2. The molecule has 2 aromatic carbocycles. The fraction of sp³-hybridized carbons (Fsp3) is 0.320. The lowest BCUT2D eigenvalue weighted by Crippen LogP contribution is -2.11.